The molecule has 2 aromatic carbocycles. The van der Waals surface area contributed by atoms with Gasteiger partial charge in [0.15, 0.2) is 0 Å². The van der Waals surface area contributed by atoms with Crippen molar-refractivity contribution in [3.63, 3.8) is 0 Å². The number of fused-ring (bicyclic) bond motifs is 1. The van der Waals surface area contributed by atoms with Crippen molar-refractivity contribution in [2.24, 2.45) is 5.10 Å². The van der Waals surface area contributed by atoms with E-state index >= 15 is 0 Å². The van der Waals surface area contributed by atoms with Crippen LogP contribution in [-0.2, 0) is 0 Å². The number of benzene rings is 2. The van der Waals surface area contributed by atoms with Gasteiger partial charge in [0.05, 0.1) is 5.69 Å². The third-order valence-corrected chi connectivity index (χ3v) is 3.12. The zero-order chi connectivity index (χ0) is 11.7. The molecule has 1 unspecified atom stereocenters. The van der Waals surface area contributed by atoms with E-state index in [9.17, 15) is 0 Å². The van der Waals surface area contributed by atoms with Crippen LogP contribution in [-0.4, -0.2) is 17.9 Å². The molecule has 3 rings (SSSR count). The molecule has 1 N–H and O–H groups in total. The van der Waals surface area contributed by atoms with Gasteiger partial charge in [0.1, 0.15) is 12.5 Å². The third-order valence-electron chi connectivity index (χ3n) is 2.86. The highest BCUT2D eigenvalue weighted by molar-refractivity contribution is 7.79. The van der Waals surface area contributed by atoms with Crippen LogP contribution in [0, 0.1) is 0 Å². The van der Waals surface area contributed by atoms with Crippen LogP contribution in [0.25, 0.3) is 10.8 Å². The van der Waals surface area contributed by atoms with E-state index < -0.39 is 0 Å². The molecule has 0 fully saturated rings. The first kappa shape index (κ1) is 10.2. The van der Waals surface area contributed by atoms with Crippen LogP contribution in [0.3, 0.4) is 0 Å². The highest BCUT2D eigenvalue weighted by Crippen LogP contribution is 2.27. The number of thiocarbonyl (C=S) groups is 1. The molecule has 0 aromatic heterocycles. The lowest BCUT2D eigenvalue weighted by molar-refractivity contribution is 0.735. The summed E-state index contributed by atoms with van der Waals surface area (Å²) in [4.78, 5) is 2.04. The van der Waals surface area contributed by atoms with E-state index in [2.05, 4.69) is 34.8 Å². The Balaban J connectivity index is 2.17. The van der Waals surface area contributed by atoms with Crippen molar-refractivity contribution in [2.75, 3.05) is 4.90 Å². The van der Waals surface area contributed by atoms with Crippen LogP contribution < -0.4 is 10.3 Å². The Bertz CT molecular complexity index is 589. The van der Waals surface area contributed by atoms with Crippen LogP contribution in [0.1, 0.15) is 0 Å². The summed E-state index contributed by atoms with van der Waals surface area (Å²) in [5.41, 5.74) is 4.07. The van der Waals surface area contributed by atoms with E-state index in [1.807, 2.05) is 23.1 Å². The Morgan fingerprint density at radius 3 is 2.88 bits per heavy atom. The average Bonchev–Trinajstić information content (AvgIpc) is 2.86. The summed E-state index contributed by atoms with van der Waals surface area (Å²) < 4.78 is 0. The quantitative estimate of drug-likeness (QED) is 0.819. The zero-order valence-electron chi connectivity index (χ0n) is 9.08. The van der Waals surface area contributed by atoms with Crippen LogP contribution in [0.4, 0.5) is 5.69 Å². The Morgan fingerprint density at radius 1 is 1.18 bits per heavy atom. The minimum Gasteiger partial charge on any atom is -0.304 e. The number of hydrazone groups is 1. The first-order chi connectivity index (χ1) is 8.40. The highest BCUT2D eigenvalue weighted by Gasteiger charge is 2.20. The Kier molecular flexibility index (Phi) is 2.49. The van der Waals surface area contributed by atoms with Gasteiger partial charge in [-0.3, -0.25) is 5.43 Å². The first-order valence-corrected chi connectivity index (χ1v) is 5.87. The van der Waals surface area contributed by atoms with Gasteiger partial charge in [0, 0.05) is 10.8 Å². The number of nitrogens with one attached hydrogen (secondary N) is 1. The molecule has 0 amide bonds. The van der Waals surface area contributed by atoms with Crippen molar-refractivity contribution >= 4 is 40.4 Å². The fraction of sp³-hybridized carbons (Fsp3) is 0.0769. The third kappa shape index (κ3) is 1.66. The van der Waals surface area contributed by atoms with Gasteiger partial charge in [-0.05, 0) is 11.5 Å². The lowest BCUT2D eigenvalue weighted by Crippen LogP contribution is -2.37. The van der Waals surface area contributed by atoms with Gasteiger partial charge in [-0.2, -0.15) is 5.10 Å². The monoisotopic (exact) mass is 241 g/mol. The maximum absolute atomic E-state index is 5.00. The van der Waals surface area contributed by atoms with Crippen molar-refractivity contribution < 1.29 is 0 Å². The van der Waals surface area contributed by atoms with Gasteiger partial charge in [-0.15, -0.1) is 0 Å². The van der Waals surface area contributed by atoms with Crippen molar-refractivity contribution in [3.05, 3.63) is 42.5 Å². The number of hydrogen-bond acceptors (Lipinski definition) is 4. The molecule has 0 radical (unpaired) electrons. The van der Waals surface area contributed by atoms with Gasteiger partial charge in [0.25, 0.3) is 0 Å². The number of hydrogen-bond donors (Lipinski definition) is 1. The smallest absolute Gasteiger partial charge is 0.150 e. The molecule has 4 heteroatoms. The standard InChI is InChI=1S/C13H11N3S/c17-8-13-15-14-9-16(13)12-7-3-5-10-4-1-2-6-11(10)12/h1-9,13,15H. The molecule has 1 aliphatic heterocycles. The molecule has 17 heavy (non-hydrogen) atoms. The SMILES string of the molecule is S=CC1NN=CN1c1cccc2ccccc12. The first-order valence-electron chi connectivity index (χ1n) is 5.40. The van der Waals surface area contributed by atoms with Gasteiger partial charge >= 0.3 is 0 Å². The molecule has 0 aliphatic carbocycles. The maximum atomic E-state index is 5.00. The Labute approximate surface area is 105 Å². The highest BCUT2D eigenvalue weighted by atomic mass is 32.1. The largest absolute Gasteiger partial charge is 0.304 e. The Hall–Kier alpha value is -1.94. The average molecular weight is 241 g/mol. The molecule has 0 spiro atoms. The summed E-state index contributed by atoms with van der Waals surface area (Å²) in [6, 6.07) is 14.5. The fourth-order valence-corrected chi connectivity index (χ4v) is 2.24. The molecule has 1 heterocycles. The predicted molar refractivity (Wildman–Crippen MR) is 75.5 cm³/mol. The van der Waals surface area contributed by atoms with Crippen LogP contribution in [0.15, 0.2) is 47.6 Å². The predicted octanol–water partition coefficient (Wildman–Crippen LogP) is 2.52. The van der Waals surface area contributed by atoms with Crippen molar-refractivity contribution in [1.29, 1.82) is 0 Å². The van der Waals surface area contributed by atoms with Crippen molar-refractivity contribution in [2.45, 2.75) is 6.17 Å². The van der Waals surface area contributed by atoms with E-state index in [4.69, 9.17) is 12.2 Å². The van der Waals surface area contributed by atoms with Gasteiger partial charge in [0.2, 0.25) is 0 Å². The second kappa shape index (κ2) is 4.14. The van der Waals surface area contributed by atoms with E-state index in [0.717, 1.165) is 5.69 Å². The summed E-state index contributed by atoms with van der Waals surface area (Å²) >= 11 is 5.00. The summed E-state index contributed by atoms with van der Waals surface area (Å²) in [7, 11) is 0. The fourth-order valence-electron chi connectivity index (χ4n) is 2.05. The lowest BCUT2D eigenvalue weighted by atomic mass is 10.1. The van der Waals surface area contributed by atoms with Gasteiger partial charge < -0.3 is 4.90 Å². The van der Waals surface area contributed by atoms with Crippen LogP contribution in [0.2, 0.25) is 0 Å². The molecule has 1 aliphatic rings. The van der Waals surface area contributed by atoms with Crippen LogP contribution >= 0.6 is 12.2 Å². The Morgan fingerprint density at radius 2 is 2.00 bits per heavy atom. The summed E-state index contributed by atoms with van der Waals surface area (Å²) in [6.07, 6.45) is 1.73. The molecule has 84 valence electrons. The molecular formula is C13H11N3S. The topological polar surface area (TPSA) is 27.6 Å². The summed E-state index contributed by atoms with van der Waals surface area (Å²) in [6.45, 7) is 0. The zero-order valence-corrected chi connectivity index (χ0v) is 9.89. The molecule has 0 bridgehead atoms. The molecule has 2 aromatic rings. The van der Waals surface area contributed by atoms with Crippen molar-refractivity contribution in [3.8, 4) is 0 Å². The second-order valence-corrected chi connectivity index (χ2v) is 4.13. The molecule has 3 nitrogen and oxygen atoms in total. The molecule has 0 saturated heterocycles. The lowest BCUT2D eigenvalue weighted by Gasteiger charge is -2.21. The summed E-state index contributed by atoms with van der Waals surface area (Å²) in [5.74, 6) is 0. The maximum Gasteiger partial charge on any atom is 0.150 e. The van der Waals surface area contributed by atoms with E-state index in [-0.39, 0.29) is 6.17 Å². The van der Waals surface area contributed by atoms with Gasteiger partial charge in [-0.25, -0.2) is 0 Å². The van der Waals surface area contributed by atoms with Crippen molar-refractivity contribution in [1.82, 2.24) is 5.43 Å². The van der Waals surface area contributed by atoms with E-state index in [0.29, 0.717) is 0 Å². The number of rotatable bonds is 2. The minimum atomic E-state index is -0.0455. The molecule has 1 atom stereocenters. The number of anilines is 1. The molecular weight excluding hydrogens is 230 g/mol. The molecule has 0 saturated carbocycles. The van der Waals surface area contributed by atoms with Crippen LogP contribution in [0.5, 0.6) is 0 Å². The summed E-state index contributed by atoms with van der Waals surface area (Å²) in [5, 5.41) is 8.15. The normalized spacial score (nSPS) is 18.4. The number of nitrogens with zero attached hydrogens (tertiary/aromatic N) is 2. The van der Waals surface area contributed by atoms with Gasteiger partial charge in [-0.1, -0.05) is 48.6 Å². The second-order valence-electron chi connectivity index (χ2n) is 3.86. The van der Waals surface area contributed by atoms with E-state index in [1.54, 1.807) is 11.7 Å². The van der Waals surface area contributed by atoms with E-state index in [1.165, 1.54) is 10.8 Å². The minimum absolute atomic E-state index is 0.0455.